The predicted octanol–water partition coefficient (Wildman–Crippen LogP) is 5.39. The number of hydrogen-bond acceptors (Lipinski definition) is 3. The summed E-state index contributed by atoms with van der Waals surface area (Å²) in [6.07, 6.45) is 2.26. The van der Waals surface area contributed by atoms with E-state index in [1.807, 2.05) is 0 Å². The summed E-state index contributed by atoms with van der Waals surface area (Å²) >= 11 is 5.36. The number of halogens is 1. The summed E-state index contributed by atoms with van der Waals surface area (Å²) in [5.74, 6) is 0.951. The van der Waals surface area contributed by atoms with Crippen LogP contribution in [0, 0.1) is 0 Å². The summed E-state index contributed by atoms with van der Waals surface area (Å²) in [7, 11) is 0. The maximum Gasteiger partial charge on any atom is 0.119 e. The van der Waals surface area contributed by atoms with Crippen LogP contribution in [-0.2, 0) is 0 Å². The predicted molar refractivity (Wildman–Crippen MR) is 94.4 cm³/mol. The van der Waals surface area contributed by atoms with Crippen molar-refractivity contribution in [3.63, 3.8) is 0 Å². The molecule has 21 heavy (non-hydrogen) atoms. The molecule has 2 nitrogen and oxygen atoms in total. The van der Waals surface area contributed by atoms with Gasteiger partial charge in [0.05, 0.1) is 12.6 Å². The van der Waals surface area contributed by atoms with E-state index in [1.54, 1.807) is 11.3 Å². The van der Waals surface area contributed by atoms with E-state index in [1.165, 1.54) is 15.6 Å². The van der Waals surface area contributed by atoms with Crippen LogP contribution in [0.3, 0.4) is 0 Å². The smallest absolute Gasteiger partial charge is 0.119 e. The highest BCUT2D eigenvalue weighted by Crippen LogP contribution is 2.32. The van der Waals surface area contributed by atoms with Gasteiger partial charge in [-0.15, -0.1) is 0 Å². The van der Waals surface area contributed by atoms with Gasteiger partial charge in [-0.1, -0.05) is 32.4 Å². The van der Waals surface area contributed by atoms with Crippen LogP contribution in [0.2, 0.25) is 0 Å². The van der Waals surface area contributed by atoms with Crippen LogP contribution < -0.4 is 10.1 Å². The van der Waals surface area contributed by atoms with Crippen molar-refractivity contribution in [2.45, 2.75) is 32.7 Å². The van der Waals surface area contributed by atoms with E-state index in [-0.39, 0.29) is 6.04 Å². The second-order valence-electron chi connectivity index (χ2n) is 4.94. The van der Waals surface area contributed by atoms with E-state index in [0.29, 0.717) is 0 Å². The van der Waals surface area contributed by atoms with Crippen LogP contribution in [-0.4, -0.2) is 13.2 Å². The Morgan fingerprint density at radius 3 is 2.52 bits per heavy atom. The van der Waals surface area contributed by atoms with Crippen molar-refractivity contribution in [3.8, 4) is 5.75 Å². The normalized spacial score (nSPS) is 12.3. The quantitative estimate of drug-likeness (QED) is 0.631. The lowest BCUT2D eigenvalue weighted by Crippen LogP contribution is -2.21. The van der Waals surface area contributed by atoms with Crippen molar-refractivity contribution in [3.05, 3.63) is 50.6 Å². The molecule has 1 heterocycles. The molecule has 0 saturated carbocycles. The fourth-order valence-electron chi connectivity index (χ4n) is 2.20. The highest BCUT2D eigenvalue weighted by molar-refractivity contribution is 9.10. The number of thiophene rings is 1. The summed E-state index contributed by atoms with van der Waals surface area (Å²) in [4.78, 5) is 0. The Morgan fingerprint density at radius 2 is 1.95 bits per heavy atom. The Bertz CT molecular complexity index is 538. The molecule has 1 atom stereocenters. The lowest BCUT2D eigenvalue weighted by Gasteiger charge is -2.18. The Balaban J connectivity index is 2.12. The average Bonchev–Trinajstić information content (AvgIpc) is 2.92. The van der Waals surface area contributed by atoms with Crippen LogP contribution in [0.4, 0.5) is 0 Å². The monoisotopic (exact) mass is 367 g/mol. The molecule has 2 aromatic rings. The van der Waals surface area contributed by atoms with Gasteiger partial charge in [0.15, 0.2) is 0 Å². The molecule has 0 aliphatic heterocycles. The molecule has 2 rings (SSSR count). The SMILES string of the molecule is CCCCOc1ccc(C(NCC)c2cscc2Br)cc1. The highest BCUT2D eigenvalue weighted by Gasteiger charge is 2.16. The number of hydrogen-bond donors (Lipinski definition) is 1. The summed E-state index contributed by atoms with van der Waals surface area (Å²) in [5, 5.41) is 7.87. The molecule has 0 spiro atoms. The van der Waals surface area contributed by atoms with Crippen molar-refractivity contribution >= 4 is 27.3 Å². The fraction of sp³-hybridized carbons (Fsp3) is 0.412. The van der Waals surface area contributed by atoms with Gasteiger partial charge < -0.3 is 10.1 Å². The maximum absolute atomic E-state index is 5.73. The molecular weight excluding hydrogens is 346 g/mol. The lowest BCUT2D eigenvalue weighted by atomic mass is 10.0. The first-order valence-electron chi connectivity index (χ1n) is 7.44. The highest BCUT2D eigenvalue weighted by atomic mass is 79.9. The minimum atomic E-state index is 0.223. The Hall–Kier alpha value is -0.840. The first kappa shape index (κ1) is 16.5. The molecule has 1 aromatic carbocycles. The van der Waals surface area contributed by atoms with Gasteiger partial charge >= 0.3 is 0 Å². The second-order valence-corrected chi connectivity index (χ2v) is 6.53. The fourth-order valence-corrected chi connectivity index (χ4v) is 3.75. The largest absolute Gasteiger partial charge is 0.494 e. The third-order valence-electron chi connectivity index (χ3n) is 3.34. The van der Waals surface area contributed by atoms with E-state index in [4.69, 9.17) is 4.74 Å². The number of nitrogens with one attached hydrogen (secondary N) is 1. The summed E-state index contributed by atoms with van der Waals surface area (Å²) in [6.45, 7) is 6.03. The Labute approximate surface area is 139 Å². The molecule has 0 fully saturated rings. The van der Waals surface area contributed by atoms with Crippen molar-refractivity contribution in [2.75, 3.05) is 13.2 Å². The van der Waals surface area contributed by atoms with Gasteiger partial charge in [-0.05, 0) is 57.5 Å². The lowest BCUT2D eigenvalue weighted by molar-refractivity contribution is 0.309. The number of rotatable bonds is 8. The van der Waals surface area contributed by atoms with E-state index >= 15 is 0 Å². The van der Waals surface area contributed by atoms with E-state index in [9.17, 15) is 0 Å². The molecule has 1 N–H and O–H groups in total. The van der Waals surface area contributed by atoms with Gasteiger partial charge in [0.2, 0.25) is 0 Å². The van der Waals surface area contributed by atoms with Gasteiger partial charge in [-0.2, -0.15) is 11.3 Å². The maximum atomic E-state index is 5.73. The van der Waals surface area contributed by atoms with Crippen molar-refractivity contribution in [2.24, 2.45) is 0 Å². The summed E-state index contributed by atoms with van der Waals surface area (Å²) in [5.41, 5.74) is 2.56. The molecule has 1 aromatic heterocycles. The van der Waals surface area contributed by atoms with Crippen molar-refractivity contribution < 1.29 is 4.74 Å². The molecule has 1 unspecified atom stereocenters. The van der Waals surface area contributed by atoms with Crippen molar-refractivity contribution in [1.29, 1.82) is 0 Å². The van der Waals surface area contributed by atoms with Crippen molar-refractivity contribution in [1.82, 2.24) is 5.32 Å². The molecule has 0 bridgehead atoms. The molecule has 114 valence electrons. The van der Waals surface area contributed by atoms with E-state index in [0.717, 1.165) is 31.7 Å². The van der Waals surface area contributed by atoms with Gasteiger partial charge in [0.1, 0.15) is 5.75 Å². The third-order valence-corrected chi connectivity index (χ3v) is 5.09. The first-order chi connectivity index (χ1) is 10.3. The second kappa shape index (κ2) is 8.57. The van der Waals surface area contributed by atoms with Crippen LogP contribution in [0.15, 0.2) is 39.5 Å². The first-order valence-corrected chi connectivity index (χ1v) is 9.17. The Morgan fingerprint density at radius 1 is 1.19 bits per heavy atom. The van der Waals surface area contributed by atoms with Crippen LogP contribution in [0.25, 0.3) is 0 Å². The molecule has 0 radical (unpaired) electrons. The number of ether oxygens (including phenoxy) is 1. The minimum Gasteiger partial charge on any atom is -0.494 e. The molecule has 0 aliphatic carbocycles. The standard InChI is InChI=1S/C17H22BrNOS/c1-3-5-10-20-14-8-6-13(7-9-14)17(19-4-2)15-11-21-12-16(15)18/h6-9,11-12,17,19H,3-5,10H2,1-2H3. The van der Waals surface area contributed by atoms with Gasteiger partial charge in [0.25, 0.3) is 0 Å². The molecule has 4 heteroatoms. The number of benzene rings is 1. The number of unbranched alkanes of at least 4 members (excludes halogenated alkanes) is 1. The molecule has 0 amide bonds. The van der Waals surface area contributed by atoms with Gasteiger partial charge in [-0.3, -0.25) is 0 Å². The zero-order chi connectivity index (χ0) is 15.1. The van der Waals surface area contributed by atoms with Gasteiger partial charge in [0, 0.05) is 9.85 Å². The molecule has 0 saturated heterocycles. The van der Waals surface area contributed by atoms with Gasteiger partial charge in [-0.25, -0.2) is 0 Å². The van der Waals surface area contributed by atoms with E-state index in [2.05, 4.69) is 70.1 Å². The molecule has 0 aliphatic rings. The Kier molecular flexibility index (Phi) is 6.74. The molecular formula is C17H22BrNOS. The topological polar surface area (TPSA) is 21.3 Å². The van der Waals surface area contributed by atoms with E-state index < -0.39 is 0 Å². The van der Waals surface area contributed by atoms with Crippen LogP contribution in [0.1, 0.15) is 43.9 Å². The summed E-state index contributed by atoms with van der Waals surface area (Å²) < 4.78 is 6.90. The minimum absolute atomic E-state index is 0.223. The summed E-state index contributed by atoms with van der Waals surface area (Å²) in [6, 6.07) is 8.66. The third kappa shape index (κ3) is 4.56. The zero-order valence-corrected chi connectivity index (χ0v) is 15.0. The average molecular weight is 368 g/mol. The van der Waals surface area contributed by atoms with Crippen LogP contribution >= 0.6 is 27.3 Å². The van der Waals surface area contributed by atoms with Crippen LogP contribution in [0.5, 0.6) is 5.75 Å². The zero-order valence-electron chi connectivity index (χ0n) is 12.6.